The van der Waals surface area contributed by atoms with Gasteiger partial charge in [-0.3, -0.25) is 9.38 Å². The number of benzene rings is 1. The molecule has 1 aromatic carbocycles. The molecule has 1 unspecified atom stereocenters. The summed E-state index contributed by atoms with van der Waals surface area (Å²) >= 11 is 0. The van der Waals surface area contributed by atoms with E-state index in [1.165, 1.54) is 6.92 Å². The van der Waals surface area contributed by atoms with Gasteiger partial charge in [0.05, 0.1) is 18.5 Å². The molecule has 0 saturated heterocycles. The Balaban J connectivity index is 2.08. The van der Waals surface area contributed by atoms with Crippen molar-refractivity contribution < 1.29 is 9.50 Å². The number of alkyl halides is 1. The van der Waals surface area contributed by atoms with Gasteiger partial charge in [0, 0.05) is 11.8 Å². The number of hydrogen-bond donors (Lipinski definition) is 1. The van der Waals surface area contributed by atoms with Crippen molar-refractivity contribution in [1.29, 1.82) is 0 Å². The predicted molar refractivity (Wildman–Crippen MR) is 71.7 cm³/mol. The van der Waals surface area contributed by atoms with Gasteiger partial charge in [0.25, 0.3) is 0 Å². The van der Waals surface area contributed by atoms with Gasteiger partial charge in [-0.1, -0.05) is 24.3 Å². The number of aromatic nitrogens is 4. The molecule has 2 heterocycles. The van der Waals surface area contributed by atoms with Crippen LogP contribution in [-0.4, -0.2) is 24.7 Å². The Hall–Kier alpha value is -2.34. The minimum absolute atomic E-state index is 0.00168. The van der Waals surface area contributed by atoms with Crippen molar-refractivity contribution in [2.45, 2.75) is 19.7 Å². The summed E-state index contributed by atoms with van der Waals surface area (Å²) in [4.78, 5) is 4.30. The van der Waals surface area contributed by atoms with Gasteiger partial charge in [0.2, 0.25) is 0 Å². The van der Waals surface area contributed by atoms with E-state index in [0.29, 0.717) is 11.3 Å². The molecule has 6 heteroatoms. The minimum atomic E-state index is -1.20. The van der Waals surface area contributed by atoms with Crippen LogP contribution in [0, 0.1) is 0 Å². The molecular formula is C14H13FN4O. The average Bonchev–Trinajstić information content (AvgIpc) is 2.90. The first-order valence-electron chi connectivity index (χ1n) is 6.24. The molecule has 0 saturated carbocycles. The van der Waals surface area contributed by atoms with Crippen molar-refractivity contribution in [3.05, 3.63) is 48.0 Å². The Kier molecular flexibility index (Phi) is 3.15. The summed E-state index contributed by atoms with van der Waals surface area (Å²) in [6, 6.07) is 7.38. The zero-order valence-electron chi connectivity index (χ0n) is 10.9. The summed E-state index contributed by atoms with van der Waals surface area (Å²) in [6.07, 6.45) is 2.08. The molecule has 0 amide bonds. The zero-order chi connectivity index (χ0) is 14.1. The summed E-state index contributed by atoms with van der Waals surface area (Å²) in [5.41, 5.74) is 2.93. The largest absolute Gasteiger partial charge is 0.392 e. The standard InChI is InChI=1S/C14H13FN4O/c1-9(15)14-18-17-13-6-16-12(7-19(13)14)11-4-2-10(8-20)3-5-11/h2-7,9,20H,8H2,1H3. The minimum Gasteiger partial charge on any atom is -0.392 e. The molecule has 0 radical (unpaired) electrons. The Morgan fingerprint density at radius 2 is 2.00 bits per heavy atom. The number of rotatable bonds is 3. The average molecular weight is 272 g/mol. The van der Waals surface area contributed by atoms with Crippen molar-refractivity contribution >= 4 is 5.65 Å². The molecular weight excluding hydrogens is 259 g/mol. The van der Waals surface area contributed by atoms with Crippen LogP contribution in [0.2, 0.25) is 0 Å². The third kappa shape index (κ3) is 2.14. The van der Waals surface area contributed by atoms with Gasteiger partial charge >= 0.3 is 0 Å². The molecule has 20 heavy (non-hydrogen) atoms. The second kappa shape index (κ2) is 4.97. The van der Waals surface area contributed by atoms with E-state index in [2.05, 4.69) is 15.2 Å². The lowest BCUT2D eigenvalue weighted by atomic mass is 10.1. The van der Waals surface area contributed by atoms with Crippen LogP contribution in [0.3, 0.4) is 0 Å². The lowest BCUT2D eigenvalue weighted by Gasteiger charge is -2.05. The molecule has 0 aliphatic carbocycles. The van der Waals surface area contributed by atoms with Gasteiger partial charge < -0.3 is 5.11 Å². The summed E-state index contributed by atoms with van der Waals surface area (Å²) < 4.78 is 15.1. The summed E-state index contributed by atoms with van der Waals surface area (Å²) in [5, 5.41) is 16.7. The first-order valence-corrected chi connectivity index (χ1v) is 6.24. The Bertz CT molecular complexity index is 737. The van der Waals surface area contributed by atoms with E-state index in [4.69, 9.17) is 5.11 Å². The fraction of sp³-hybridized carbons (Fsp3) is 0.214. The van der Waals surface area contributed by atoms with Gasteiger partial charge in [-0.05, 0) is 12.5 Å². The lowest BCUT2D eigenvalue weighted by molar-refractivity contribution is 0.282. The van der Waals surface area contributed by atoms with Crippen molar-refractivity contribution in [3.8, 4) is 11.3 Å². The number of hydrogen-bond acceptors (Lipinski definition) is 4. The van der Waals surface area contributed by atoms with Gasteiger partial charge in [-0.2, -0.15) is 0 Å². The maximum absolute atomic E-state index is 13.5. The number of aliphatic hydroxyl groups excluding tert-OH is 1. The Morgan fingerprint density at radius 3 is 2.65 bits per heavy atom. The van der Waals surface area contributed by atoms with E-state index in [0.717, 1.165) is 11.1 Å². The maximum Gasteiger partial charge on any atom is 0.179 e. The third-order valence-corrected chi connectivity index (χ3v) is 3.11. The molecule has 0 fully saturated rings. The summed E-state index contributed by atoms with van der Waals surface area (Å²) in [7, 11) is 0. The normalized spacial score (nSPS) is 12.8. The van der Waals surface area contributed by atoms with E-state index < -0.39 is 6.17 Å². The molecule has 3 aromatic rings. The first kappa shape index (κ1) is 12.7. The SMILES string of the molecule is CC(F)c1nnc2cnc(-c3ccc(CO)cc3)cn12. The lowest BCUT2D eigenvalue weighted by Crippen LogP contribution is -1.97. The van der Waals surface area contributed by atoms with Crippen molar-refractivity contribution in [1.82, 2.24) is 19.6 Å². The van der Waals surface area contributed by atoms with E-state index in [1.54, 1.807) is 16.8 Å². The molecule has 5 nitrogen and oxygen atoms in total. The second-order valence-electron chi connectivity index (χ2n) is 4.53. The zero-order valence-corrected chi connectivity index (χ0v) is 10.9. The van der Waals surface area contributed by atoms with Crippen LogP contribution in [0.4, 0.5) is 4.39 Å². The highest BCUT2D eigenvalue weighted by Gasteiger charge is 2.13. The molecule has 0 spiro atoms. The topological polar surface area (TPSA) is 63.3 Å². The van der Waals surface area contributed by atoms with E-state index in [9.17, 15) is 4.39 Å². The smallest absolute Gasteiger partial charge is 0.179 e. The van der Waals surface area contributed by atoms with Crippen LogP contribution >= 0.6 is 0 Å². The summed E-state index contributed by atoms with van der Waals surface area (Å²) in [6.45, 7) is 1.42. The number of aliphatic hydroxyl groups is 1. The molecule has 0 bridgehead atoms. The van der Waals surface area contributed by atoms with Crippen molar-refractivity contribution in [3.63, 3.8) is 0 Å². The van der Waals surface area contributed by atoms with Crippen LogP contribution in [0.5, 0.6) is 0 Å². The highest BCUT2D eigenvalue weighted by atomic mass is 19.1. The molecule has 1 N–H and O–H groups in total. The Morgan fingerprint density at radius 1 is 1.25 bits per heavy atom. The van der Waals surface area contributed by atoms with E-state index in [1.807, 2.05) is 24.3 Å². The highest BCUT2D eigenvalue weighted by molar-refractivity contribution is 5.60. The van der Waals surface area contributed by atoms with E-state index in [-0.39, 0.29) is 12.4 Å². The van der Waals surface area contributed by atoms with Gasteiger partial charge in [-0.15, -0.1) is 10.2 Å². The van der Waals surface area contributed by atoms with Crippen LogP contribution in [-0.2, 0) is 6.61 Å². The molecule has 3 rings (SSSR count). The molecule has 1 atom stereocenters. The molecule has 0 aliphatic rings. The molecule has 0 aliphatic heterocycles. The summed E-state index contributed by atoms with van der Waals surface area (Å²) in [5.74, 6) is 0.260. The first-order chi connectivity index (χ1) is 9.69. The quantitative estimate of drug-likeness (QED) is 0.794. The molecule has 2 aromatic heterocycles. The highest BCUT2D eigenvalue weighted by Crippen LogP contribution is 2.20. The second-order valence-corrected chi connectivity index (χ2v) is 4.53. The fourth-order valence-corrected chi connectivity index (χ4v) is 2.02. The van der Waals surface area contributed by atoms with Crippen LogP contribution in [0.15, 0.2) is 36.7 Å². The predicted octanol–water partition coefficient (Wildman–Crippen LogP) is 2.31. The number of fused-ring (bicyclic) bond motifs is 1. The van der Waals surface area contributed by atoms with E-state index >= 15 is 0 Å². The van der Waals surface area contributed by atoms with Crippen molar-refractivity contribution in [2.24, 2.45) is 0 Å². The van der Waals surface area contributed by atoms with Gasteiger partial charge in [0.15, 0.2) is 17.6 Å². The van der Waals surface area contributed by atoms with Crippen LogP contribution in [0.25, 0.3) is 16.9 Å². The maximum atomic E-state index is 13.5. The number of nitrogens with zero attached hydrogens (tertiary/aromatic N) is 4. The van der Waals surface area contributed by atoms with Gasteiger partial charge in [0.1, 0.15) is 0 Å². The van der Waals surface area contributed by atoms with Gasteiger partial charge in [-0.25, -0.2) is 4.39 Å². The number of halogens is 1. The van der Waals surface area contributed by atoms with Crippen molar-refractivity contribution in [2.75, 3.05) is 0 Å². The van der Waals surface area contributed by atoms with Crippen LogP contribution in [0.1, 0.15) is 24.5 Å². The van der Waals surface area contributed by atoms with Crippen LogP contribution < -0.4 is 0 Å². The Labute approximate surface area is 114 Å². The monoisotopic (exact) mass is 272 g/mol. The third-order valence-electron chi connectivity index (χ3n) is 3.11. The molecule has 102 valence electrons. The fourth-order valence-electron chi connectivity index (χ4n) is 2.02.